The number of likely N-dealkylation sites (tertiary alicyclic amines) is 1. The van der Waals surface area contributed by atoms with Gasteiger partial charge in [-0.1, -0.05) is 0 Å². The fraction of sp³-hybridized carbons (Fsp3) is 0.625. The first kappa shape index (κ1) is 14.8. The molecule has 0 bridgehead atoms. The third-order valence-electron chi connectivity index (χ3n) is 4.42. The molecule has 0 aliphatic carbocycles. The zero-order valence-electron chi connectivity index (χ0n) is 13.0. The van der Waals surface area contributed by atoms with Crippen LogP contribution in [0, 0.1) is 12.8 Å². The maximum absolute atomic E-state index is 6.09. The van der Waals surface area contributed by atoms with E-state index in [1.54, 1.807) is 0 Å². The van der Waals surface area contributed by atoms with Crippen LogP contribution in [0.25, 0.3) is 11.2 Å². The lowest BCUT2D eigenvalue weighted by atomic mass is 10.1. The third kappa shape index (κ3) is 2.92. The summed E-state index contributed by atoms with van der Waals surface area (Å²) >= 11 is 6.09. The van der Waals surface area contributed by atoms with Crippen molar-refractivity contribution in [1.82, 2.24) is 19.4 Å². The first-order valence-electron chi connectivity index (χ1n) is 7.71. The SMILES string of the molecule is Cc1ccc2nc(CCl)n(CC3CCN(C(C)C)C3)c2n1. The minimum atomic E-state index is 0.440. The van der Waals surface area contributed by atoms with Crippen molar-refractivity contribution < 1.29 is 0 Å². The highest BCUT2D eigenvalue weighted by Gasteiger charge is 2.26. The van der Waals surface area contributed by atoms with Crippen LogP contribution in [0.15, 0.2) is 12.1 Å². The standard InChI is InChI=1S/C16H23ClN4/c1-11(2)20-7-6-13(9-20)10-21-15(8-17)19-14-5-4-12(3)18-16(14)21/h4-5,11,13H,6-10H2,1-3H3. The lowest BCUT2D eigenvalue weighted by molar-refractivity contribution is 0.261. The molecule has 1 aliphatic rings. The molecule has 4 nitrogen and oxygen atoms in total. The average Bonchev–Trinajstić information content (AvgIpc) is 3.05. The van der Waals surface area contributed by atoms with Crippen LogP contribution >= 0.6 is 11.6 Å². The Morgan fingerprint density at radius 3 is 2.81 bits per heavy atom. The highest BCUT2D eigenvalue weighted by Crippen LogP contribution is 2.24. The van der Waals surface area contributed by atoms with Gasteiger partial charge in [-0.15, -0.1) is 11.6 Å². The second-order valence-electron chi connectivity index (χ2n) is 6.31. The molecular formula is C16H23ClN4. The number of fused-ring (bicyclic) bond motifs is 1. The van der Waals surface area contributed by atoms with Crippen LogP contribution in [-0.2, 0) is 12.4 Å². The van der Waals surface area contributed by atoms with Gasteiger partial charge in [0.2, 0.25) is 0 Å². The van der Waals surface area contributed by atoms with Gasteiger partial charge < -0.3 is 9.47 Å². The van der Waals surface area contributed by atoms with Crippen LogP contribution in [0.2, 0.25) is 0 Å². The van der Waals surface area contributed by atoms with Gasteiger partial charge in [0.1, 0.15) is 11.3 Å². The van der Waals surface area contributed by atoms with Crippen molar-refractivity contribution in [3.05, 3.63) is 23.7 Å². The van der Waals surface area contributed by atoms with Gasteiger partial charge in [-0.2, -0.15) is 0 Å². The van der Waals surface area contributed by atoms with E-state index in [9.17, 15) is 0 Å². The number of aryl methyl sites for hydroxylation is 1. The Labute approximate surface area is 131 Å². The van der Waals surface area contributed by atoms with Gasteiger partial charge in [0, 0.05) is 24.8 Å². The number of halogens is 1. The number of alkyl halides is 1. The molecule has 1 unspecified atom stereocenters. The van der Waals surface area contributed by atoms with Crippen molar-refractivity contribution >= 4 is 22.8 Å². The van der Waals surface area contributed by atoms with Gasteiger partial charge in [0.15, 0.2) is 5.65 Å². The average molecular weight is 307 g/mol. The van der Waals surface area contributed by atoms with Gasteiger partial charge in [0.25, 0.3) is 0 Å². The molecule has 114 valence electrons. The molecule has 1 aliphatic heterocycles. The van der Waals surface area contributed by atoms with E-state index in [1.165, 1.54) is 13.0 Å². The second kappa shape index (κ2) is 5.93. The zero-order valence-corrected chi connectivity index (χ0v) is 13.8. The Bertz CT molecular complexity index is 634. The summed E-state index contributed by atoms with van der Waals surface area (Å²) in [7, 11) is 0. The number of rotatable bonds is 4. The van der Waals surface area contributed by atoms with Crippen molar-refractivity contribution in [3.63, 3.8) is 0 Å². The van der Waals surface area contributed by atoms with Crippen LogP contribution in [0.5, 0.6) is 0 Å². The van der Waals surface area contributed by atoms with Gasteiger partial charge in [-0.3, -0.25) is 0 Å². The molecule has 0 aromatic carbocycles. The summed E-state index contributed by atoms with van der Waals surface area (Å²) in [6.07, 6.45) is 1.24. The highest BCUT2D eigenvalue weighted by atomic mass is 35.5. The molecule has 1 fully saturated rings. The molecule has 0 spiro atoms. The minimum absolute atomic E-state index is 0.440. The van der Waals surface area contributed by atoms with Crippen molar-refractivity contribution in [2.45, 2.75) is 45.7 Å². The lowest BCUT2D eigenvalue weighted by Crippen LogP contribution is -2.28. The molecule has 21 heavy (non-hydrogen) atoms. The summed E-state index contributed by atoms with van der Waals surface area (Å²) in [5, 5.41) is 0. The van der Waals surface area contributed by atoms with Crippen molar-refractivity contribution in [2.24, 2.45) is 5.92 Å². The van der Waals surface area contributed by atoms with Crippen LogP contribution in [0.4, 0.5) is 0 Å². The van der Waals surface area contributed by atoms with Crippen molar-refractivity contribution in [2.75, 3.05) is 13.1 Å². The van der Waals surface area contributed by atoms with Gasteiger partial charge in [-0.25, -0.2) is 9.97 Å². The second-order valence-corrected chi connectivity index (χ2v) is 6.58. The first-order valence-corrected chi connectivity index (χ1v) is 8.24. The molecule has 5 heteroatoms. The van der Waals surface area contributed by atoms with E-state index >= 15 is 0 Å². The number of imidazole rings is 1. The quantitative estimate of drug-likeness (QED) is 0.813. The predicted molar refractivity (Wildman–Crippen MR) is 86.6 cm³/mol. The first-order chi connectivity index (χ1) is 10.1. The van der Waals surface area contributed by atoms with Crippen molar-refractivity contribution in [1.29, 1.82) is 0 Å². The number of hydrogen-bond acceptors (Lipinski definition) is 3. The van der Waals surface area contributed by atoms with E-state index in [2.05, 4.69) is 33.3 Å². The topological polar surface area (TPSA) is 34.0 Å². The van der Waals surface area contributed by atoms with Crippen molar-refractivity contribution in [3.8, 4) is 0 Å². The fourth-order valence-corrected chi connectivity index (χ4v) is 3.38. The summed E-state index contributed by atoms with van der Waals surface area (Å²) in [5.74, 6) is 2.04. The van der Waals surface area contributed by atoms with Gasteiger partial charge in [-0.05, 0) is 51.8 Å². The predicted octanol–water partition coefficient (Wildman–Crippen LogP) is 3.21. The molecule has 0 N–H and O–H groups in total. The lowest BCUT2D eigenvalue weighted by Gasteiger charge is -2.20. The van der Waals surface area contributed by atoms with Crippen LogP contribution in [0.3, 0.4) is 0 Å². The molecule has 0 amide bonds. The minimum Gasteiger partial charge on any atom is -0.311 e. The summed E-state index contributed by atoms with van der Waals surface area (Å²) in [5.41, 5.74) is 2.96. The number of aromatic nitrogens is 3. The normalized spacial score (nSPS) is 20.0. The fourth-order valence-electron chi connectivity index (χ4n) is 3.18. The monoisotopic (exact) mass is 306 g/mol. The molecule has 1 atom stereocenters. The van der Waals surface area contributed by atoms with Crippen LogP contribution in [0.1, 0.15) is 31.8 Å². The zero-order chi connectivity index (χ0) is 15.0. The Balaban J connectivity index is 1.88. The Kier molecular flexibility index (Phi) is 4.18. The van der Waals surface area contributed by atoms with E-state index in [0.29, 0.717) is 17.8 Å². The van der Waals surface area contributed by atoms with E-state index in [1.807, 2.05) is 19.1 Å². The Morgan fingerprint density at radius 1 is 1.33 bits per heavy atom. The molecule has 2 aromatic heterocycles. The molecule has 3 heterocycles. The molecule has 3 rings (SSSR count). The summed E-state index contributed by atoms with van der Waals surface area (Å²) in [6.45, 7) is 9.88. The van der Waals surface area contributed by atoms with Crippen LogP contribution in [-0.4, -0.2) is 38.6 Å². The number of nitrogens with zero attached hydrogens (tertiary/aromatic N) is 4. The van der Waals surface area contributed by atoms with Crippen LogP contribution < -0.4 is 0 Å². The van der Waals surface area contributed by atoms with E-state index in [4.69, 9.17) is 11.6 Å². The van der Waals surface area contributed by atoms with E-state index in [0.717, 1.165) is 35.8 Å². The molecule has 0 radical (unpaired) electrons. The largest absolute Gasteiger partial charge is 0.311 e. The molecule has 0 saturated carbocycles. The Morgan fingerprint density at radius 2 is 2.14 bits per heavy atom. The van der Waals surface area contributed by atoms with Gasteiger partial charge in [0.05, 0.1) is 5.88 Å². The number of hydrogen-bond donors (Lipinski definition) is 0. The molecular weight excluding hydrogens is 284 g/mol. The molecule has 2 aromatic rings. The summed E-state index contributed by atoms with van der Waals surface area (Å²) < 4.78 is 2.23. The van der Waals surface area contributed by atoms with E-state index in [-0.39, 0.29) is 0 Å². The maximum Gasteiger partial charge on any atom is 0.160 e. The van der Waals surface area contributed by atoms with E-state index < -0.39 is 0 Å². The smallest absolute Gasteiger partial charge is 0.160 e. The highest BCUT2D eigenvalue weighted by molar-refractivity contribution is 6.16. The Hall–Kier alpha value is -1.13. The third-order valence-corrected chi connectivity index (χ3v) is 4.66. The van der Waals surface area contributed by atoms with Gasteiger partial charge >= 0.3 is 0 Å². The summed E-state index contributed by atoms with van der Waals surface area (Å²) in [4.78, 5) is 11.8. The summed E-state index contributed by atoms with van der Waals surface area (Å²) in [6, 6.07) is 4.68. The maximum atomic E-state index is 6.09. The molecule has 1 saturated heterocycles. The number of pyridine rings is 1.